The van der Waals surface area contributed by atoms with Crippen LogP contribution >= 0.6 is 0 Å². The van der Waals surface area contributed by atoms with Gasteiger partial charge in [-0.2, -0.15) is 0 Å². The SMILES string of the molecule is CCC1(C(NC)c2ccc3c(c2)CC(C)(C)O3)CCCC1. The molecule has 1 aliphatic heterocycles. The van der Waals surface area contributed by atoms with E-state index in [9.17, 15) is 0 Å². The van der Waals surface area contributed by atoms with Gasteiger partial charge in [0.05, 0.1) is 0 Å². The molecule has 2 aliphatic rings. The predicted octanol–water partition coefficient (Wildman–Crippen LogP) is 4.63. The molecule has 0 spiro atoms. The van der Waals surface area contributed by atoms with Crippen LogP contribution in [0.5, 0.6) is 5.75 Å². The van der Waals surface area contributed by atoms with Crippen LogP contribution < -0.4 is 10.1 Å². The molecule has 1 aliphatic carbocycles. The molecule has 1 N–H and O–H groups in total. The van der Waals surface area contributed by atoms with Crippen LogP contribution in [0, 0.1) is 5.41 Å². The molecule has 1 atom stereocenters. The predicted molar refractivity (Wildman–Crippen MR) is 87.8 cm³/mol. The lowest BCUT2D eigenvalue weighted by Gasteiger charge is -2.37. The average molecular weight is 287 g/mol. The highest BCUT2D eigenvalue weighted by Gasteiger charge is 2.40. The van der Waals surface area contributed by atoms with Gasteiger partial charge in [-0.05, 0) is 62.8 Å². The van der Waals surface area contributed by atoms with Gasteiger partial charge in [0.2, 0.25) is 0 Å². The molecule has 3 rings (SSSR count). The lowest BCUT2D eigenvalue weighted by molar-refractivity contribution is 0.138. The van der Waals surface area contributed by atoms with Crippen LogP contribution in [0.4, 0.5) is 0 Å². The molecule has 1 saturated carbocycles. The topological polar surface area (TPSA) is 21.3 Å². The summed E-state index contributed by atoms with van der Waals surface area (Å²) in [6, 6.07) is 7.32. The number of nitrogens with one attached hydrogen (secondary N) is 1. The van der Waals surface area contributed by atoms with Crippen LogP contribution in [0.15, 0.2) is 18.2 Å². The van der Waals surface area contributed by atoms with Crippen LogP contribution in [-0.4, -0.2) is 12.6 Å². The second kappa shape index (κ2) is 5.31. The summed E-state index contributed by atoms with van der Waals surface area (Å²) in [5.41, 5.74) is 3.22. The zero-order valence-corrected chi connectivity index (χ0v) is 14.0. The number of benzene rings is 1. The smallest absolute Gasteiger partial charge is 0.123 e. The van der Waals surface area contributed by atoms with E-state index in [1.54, 1.807) is 0 Å². The highest BCUT2D eigenvalue weighted by Crippen LogP contribution is 2.50. The highest BCUT2D eigenvalue weighted by atomic mass is 16.5. The summed E-state index contributed by atoms with van der Waals surface area (Å²) < 4.78 is 6.02. The first-order valence-corrected chi connectivity index (χ1v) is 8.49. The first kappa shape index (κ1) is 14.9. The second-order valence-corrected chi connectivity index (χ2v) is 7.55. The summed E-state index contributed by atoms with van der Waals surface area (Å²) >= 11 is 0. The summed E-state index contributed by atoms with van der Waals surface area (Å²) in [4.78, 5) is 0. The zero-order chi connectivity index (χ0) is 15.1. The van der Waals surface area contributed by atoms with E-state index in [0.29, 0.717) is 11.5 Å². The Bertz CT molecular complexity index is 514. The number of rotatable bonds is 4. The normalized spacial score (nSPS) is 23.6. The van der Waals surface area contributed by atoms with Crippen molar-refractivity contribution in [1.82, 2.24) is 5.32 Å². The van der Waals surface area contributed by atoms with Gasteiger partial charge in [0.1, 0.15) is 11.4 Å². The number of hydrogen-bond acceptors (Lipinski definition) is 2. The molecule has 0 saturated heterocycles. The Morgan fingerprint density at radius 3 is 2.57 bits per heavy atom. The number of hydrogen-bond donors (Lipinski definition) is 1. The molecular weight excluding hydrogens is 258 g/mol. The molecule has 2 nitrogen and oxygen atoms in total. The molecule has 1 heterocycles. The quantitative estimate of drug-likeness (QED) is 0.871. The molecule has 0 bridgehead atoms. The van der Waals surface area contributed by atoms with E-state index >= 15 is 0 Å². The van der Waals surface area contributed by atoms with Crippen LogP contribution in [0.2, 0.25) is 0 Å². The molecule has 1 fully saturated rings. The molecule has 0 radical (unpaired) electrons. The Kier molecular flexibility index (Phi) is 3.77. The van der Waals surface area contributed by atoms with Crippen molar-refractivity contribution in [2.75, 3.05) is 7.05 Å². The maximum Gasteiger partial charge on any atom is 0.123 e. The summed E-state index contributed by atoms with van der Waals surface area (Å²) in [5.74, 6) is 1.08. The van der Waals surface area contributed by atoms with Gasteiger partial charge in [-0.25, -0.2) is 0 Å². The van der Waals surface area contributed by atoms with E-state index < -0.39 is 0 Å². The fraction of sp³-hybridized carbons (Fsp3) is 0.684. The van der Waals surface area contributed by atoms with Gasteiger partial charge in [0, 0.05) is 12.5 Å². The lowest BCUT2D eigenvalue weighted by atomic mass is 9.73. The van der Waals surface area contributed by atoms with Crippen molar-refractivity contribution in [2.24, 2.45) is 5.41 Å². The summed E-state index contributed by atoms with van der Waals surface area (Å²) in [7, 11) is 2.12. The molecule has 21 heavy (non-hydrogen) atoms. The van der Waals surface area contributed by atoms with E-state index in [4.69, 9.17) is 4.74 Å². The van der Waals surface area contributed by atoms with Crippen molar-refractivity contribution < 1.29 is 4.74 Å². The van der Waals surface area contributed by atoms with Crippen molar-refractivity contribution >= 4 is 0 Å². The van der Waals surface area contributed by atoms with Crippen LogP contribution in [0.1, 0.15) is 70.0 Å². The highest BCUT2D eigenvalue weighted by molar-refractivity contribution is 5.43. The molecule has 2 heteroatoms. The van der Waals surface area contributed by atoms with E-state index in [1.807, 2.05) is 0 Å². The minimum atomic E-state index is -0.0497. The van der Waals surface area contributed by atoms with E-state index in [-0.39, 0.29) is 5.60 Å². The third-order valence-electron chi connectivity index (χ3n) is 5.62. The van der Waals surface area contributed by atoms with Crippen molar-refractivity contribution in [3.8, 4) is 5.75 Å². The first-order valence-electron chi connectivity index (χ1n) is 8.49. The van der Waals surface area contributed by atoms with Gasteiger partial charge < -0.3 is 10.1 Å². The van der Waals surface area contributed by atoms with E-state index in [1.165, 1.54) is 43.2 Å². The zero-order valence-electron chi connectivity index (χ0n) is 14.0. The Morgan fingerprint density at radius 1 is 1.24 bits per heavy atom. The minimum absolute atomic E-state index is 0.0497. The van der Waals surface area contributed by atoms with Crippen LogP contribution in [-0.2, 0) is 6.42 Å². The standard InChI is InChI=1S/C19H29NO/c1-5-19(10-6-7-11-19)17(20-4)14-8-9-16-15(12-14)13-18(2,3)21-16/h8-9,12,17,20H,5-7,10-11,13H2,1-4H3. The first-order chi connectivity index (χ1) is 10.00. The summed E-state index contributed by atoms with van der Waals surface area (Å²) in [6.07, 6.45) is 7.76. The molecule has 0 amide bonds. The van der Waals surface area contributed by atoms with Crippen LogP contribution in [0.25, 0.3) is 0 Å². The van der Waals surface area contributed by atoms with Crippen molar-refractivity contribution in [3.63, 3.8) is 0 Å². The van der Waals surface area contributed by atoms with E-state index in [0.717, 1.165) is 12.2 Å². The Morgan fingerprint density at radius 2 is 1.95 bits per heavy atom. The van der Waals surface area contributed by atoms with Crippen molar-refractivity contribution in [1.29, 1.82) is 0 Å². The van der Waals surface area contributed by atoms with E-state index in [2.05, 4.69) is 51.3 Å². The van der Waals surface area contributed by atoms with Gasteiger partial charge in [0.25, 0.3) is 0 Å². The molecular formula is C19H29NO. The van der Waals surface area contributed by atoms with Crippen LogP contribution in [0.3, 0.4) is 0 Å². The third kappa shape index (κ3) is 2.59. The maximum absolute atomic E-state index is 6.02. The molecule has 1 aromatic carbocycles. The third-order valence-corrected chi connectivity index (χ3v) is 5.62. The molecule has 116 valence electrons. The van der Waals surface area contributed by atoms with Gasteiger partial charge in [0.15, 0.2) is 0 Å². The Balaban J connectivity index is 1.93. The molecule has 0 aromatic heterocycles. The lowest BCUT2D eigenvalue weighted by Crippen LogP contribution is -2.34. The van der Waals surface area contributed by atoms with Crippen molar-refractivity contribution in [2.45, 2.75) is 70.9 Å². The largest absolute Gasteiger partial charge is 0.487 e. The summed E-state index contributed by atoms with van der Waals surface area (Å²) in [6.45, 7) is 6.70. The maximum atomic E-state index is 6.02. The van der Waals surface area contributed by atoms with Crippen molar-refractivity contribution in [3.05, 3.63) is 29.3 Å². The Labute approximate surface area is 129 Å². The summed E-state index contributed by atoms with van der Waals surface area (Å²) in [5, 5.41) is 3.62. The average Bonchev–Trinajstić information content (AvgIpc) is 3.02. The minimum Gasteiger partial charge on any atom is -0.487 e. The number of ether oxygens (including phenoxy) is 1. The molecule has 1 unspecified atom stereocenters. The van der Waals surface area contributed by atoms with Gasteiger partial charge >= 0.3 is 0 Å². The monoisotopic (exact) mass is 287 g/mol. The van der Waals surface area contributed by atoms with Gasteiger partial charge in [-0.1, -0.05) is 31.9 Å². The Hall–Kier alpha value is -1.02. The second-order valence-electron chi connectivity index (χ2n) is 7.55. The fourth-order valence-electron chi connectivity index (χ4n) is 4.56. The van der Waals surface area contributed by atoms with Gasteiger partial charge in [-0.15, -0.1) is 0 Å². The van der Waals surface area contributed by atoms with Gasteiger partial charge in [-0.3, -0.25) is 0 Å². The number of fused-ring (bicyclic) bond motifs is 1. The molecule has 1 aromatic rings. The fourth-order valence-corrected chi connectivity index (χ4v) is 4.56.